The molecular weight excluding hydrogens is 381 g/mol. The number of halogens is 2. The van der Waals surface area contributed by atoms with Crippen molar-refractivity contribution in [3.05, 3.63) is 87.4 Å². The van der Waals surface area contributed by atoms with Crippen molar-refractivity contribution in [1.29, 1.82) is 0 Å². The van der Waals surface area contributed by atoms with Crippen molar-refractivity contribution >= 4 is 35.1 Å². The van der Waals surface area contributed by atoms with Crippen LogP contribution in [0.4, 0.5) is 5.69 Å². The van der Waals surface area contributed by atoms with E-state index in [4.69, 9.17) is 32.7 Å². The quantitative estimate of drug-likeness (QED) is 0.434. The van der Waals surface area contributed by atoms with Crippen molar-refractivity contribution in [3.63, 3.8) is 0 Å². The largest absolute Gasteiger partial charge is 0.493 e. The highest BCUT2D eigenvalue weighted by Gasteiger charge is 2.06. The second-order valence-electron chi connectivity index (χ2n) is 6.01. The Bertz CT molecular complexity index is 953. The molecule has 3 nitrogen and oxygen atoms in total. The van der Waals surface area contributed by atoms with Crippen LogP contribution in [0, 0.1) is 6.92 Å². The average molecular weight is 400 g/mol. The number of aryl methyl sites for hydroxylation is 1. The molecule has 0 saturated carbocycles. The fourth-order valence-corrected chi connectivity index (χ4v) is 2.78. The first kappa shape index (κ1) is 19.3. The fourth-order valence-electron chi connectivity index (χ4n) is 2.49. The molecule has 0 aliphatic carbocycles. The van der Waals surface area contributed by atoms with Crippen molar-refractivity contribution < 1.29 is 9.47 Å². The number of methoxy groups -OCH3 is 1. The third-order valence-electron chi connectivity index (χ3n) is 4.02. The van der Waals surface area contributed by atoms with Gasteiger partial charge in [0.1, 0.15) is 6.61 Å². The summed E-state index contributed by atoms with van der Waals surface area (Å²) in [7, 11) is 1.62. The molecule has 0 aromatic heterocycles. The Morgan fingerprint density at radius 1 is 0.889 bits per heavy atom. The van der Waals surface area contributed by atoms with Gasteiger partial charge < -0.3 is 9.47 Å². The van der Waals surface area contributed by atoms with Crippen molar-refractivity contribution in [3.8, 4) is 11.5 Å². The highest BCUT2D eigenvalue weighted by Crippen LogP contribution is 2.29. The zero-order valence-corrected chi connectivity index (χ0v) is 16.6. The molecule has 0 atom stereocenters. The van der Waals surface area contributed by atoms with Crippen LogP contribution in [-0.2, 0) is 6.61 Å². The predicted octanol–water partition coefficient (Wildman–Crippen LogP) is 6.64. The van der Waals surface area contributed by atoms with Crippen LogP contribution < -0.4 is 9.47 Å². The molecule has 138 valence electrons. The Kier molecular flexibility index (Phi) is 6.38. The molecule has 0 spiro atoms. The van der Waals surface area contributed by atoms with Crippen molar-refractivity contribution in [2.45, 2.75) is 13.5 Å². The van der Waals surface area contributed by atoms with Gasteiger partial charge in [-0.05, 0) is 66.1 Å². The third-order valence-corrected chi connectivity index (χ3v) is 4.51. The summed E-state index contributed by atoms with van der Waals surface area (Å²) in [5, 5.41) is 1.37. The molecule has 0 fully saturated rings. The Morgan fingerprint density at radius 2 is 1.63 bits per heavy atom. The van der Waals surface area contributed by atoms with Gasteiger partial charge in [0, 0.05) is 16.3 Å². The molecule has 0 saturated heterocycles. The van der Waals surface area contributed by atoms with Crippen LogP contribution in [0.5, 0.6) is 11.5 Å². The zero-order chi connectivity index (χ0) is 19.2. The molecule has 5 heteroatoms. The van der Waals surface area contributed by atoms with Gasteiger partial charge >= 0.3 is 0 Å². The summed E-state index contributed by atoms with van der Waals surface area (Å²) in [4.78, 5) is 4.53. The maximum absolute atomic E-state index is 6.04. The van der Waals surface area contributed by atoms with Crippen molar-refractivity contribution in [1.82, 2.24) is 0 Å². The van der Waals surface area contributed by atoms with Crippen LogP contribution in [0.3, 0.4) is 0 Å². The lowest BCUT2D eigenvalue weighted by atomic mass is 10.2. The van der Waals surface area contributed by atoms with Gasteiger partial charge in [0.2, 0.25) is 0 Å². The van der Waals surface area contributed by atoms with Crippen LogP contribution in [-0.4, -0.2) is 13.3 Å². The summed E-state index contributed by atoms with van der Waals surface area (Å²) in [5.74, 6) is 1.32. The number of hydrogen-bond donors (Lipinski definition) is 0. The van der Waals surface area contributed by atoms with E-state index in [-0.39, 0.29) is 0 Å². The summed E-state index contributed by atoms with van der Waals surface area (Å²) in [5.41, 5.74) is 3.84. The molecule has 0 aliphatic rings. The molecule has 0 heterocycles. The van der Waals surface area contributed by atoms with E-state index < -0.39 is 0 Å². The van der Waals surface area contributed by atoms with E-state index in [0.29, 0.717) is 28.2 Å². The number of rotatable bonds is 6. The lowest BCUT2D eigenvalue weighted by molar-refractivity contribution is 0.284. The maximum Gasteiger partial charge on any atom is 0.161 e. The highest BCUT2D eigenvalue weighted by molar-refractivity contribution is 6.31. The van der Waals surface area contributed by atoms with E-state index in [1.165, 1.54) is 0 Å². The van der Waals surface area contributed by atoms with Crippen LogP contribution in [0.2, 0.25) is 10.0 Å². The Balaban J connectivity index is 1.74. The van der Waals surface area contributed by atoms with Gasteiger partial charge in [-0.2, -0.15) is 0 Å². The van der Waals surface area contributed by atoms with E-state index in [9.17, 15) is 0 Å². The second kappa shape index (κ2) is 8.94. The average Bonchev–Trinajstić information content (AvgIpc) is 2.68. The monoisotopic (exact) mass is 399 g/mol. The molecule has 27 heavy (non-hydrogen) atoms. The van der Waals surface area contributed by atoms with Crippen molar-refractivity contribution in [2.75, 3.05) is 7.11 Å². The molecule has 0 bridgehead atoms. The van der Waals surface area contributed by atoms with Gasteiger partial charge in [-0.15, -0.1) is 0 Å². The van der Waals surface area contributed by atoms with Crippen LogP contribution in [0.1, 0.15) is 16.7 Å². The molecule has 0 N–H and O–H groups in total. The first-order valence-corrected chi connectivity index (χ1v) is 9.16. The maximum atomic E-state index is 6.04. The minimum atomic E-state index is 0.433. The van der Waals surface area contributed by atoms with Crippen LogP contribution >= 0.6 is 23.2 Å². The summed E-state index contributed by atoms with van der Waals surface area (Å²) >= 11 is 11.9. The first-order chi connectivity index (χ1) is 13.0. The topological polar surface area (TPSA) is 30.8 Å². The van der Waals surface area contributed by atoms with Gasteiger partial charge in [0.25, 0.3) is 0 Å². The number of benzene rings is 3. The normalized spacial score (nSPS) is 11.0. The summed E-state index contributed by atoms with van der Waals surface area (Å²) in [6.45, 7) is 2.43. The predicted molar refractivity (Wildman–Crippen MR) is 112 cm³/mol. The van der Waals surface area contributed by atoms with Gasteiger partial charge in [0.05, 0.1) is 12.8 Å². The molecular formula is C22H19Cl2NO2. The van der Waals surface area contributed by atoms with E-state index in [2.05, 4.69) is 4.99 Å². The molecule has 0 unspecified atom stereocenters. The minimum absolute atomic E-state index is 0.433. The fraction of sp³-hybridized carbons (Fsp3) is 0.136. The van der Waals surface area contributed by atoms with Gasteiger partial charge in [-0.3, -0.25) is 4.99 Å². The molecule has 3 aromatic rings. The zero-order valence-electron chi connectivity index (χ0n) is 15.1. The summed E-state index contributed by atoms with van der Waals surface area (Å²) in [6, 6.07) is 18.9. The summed E-state index contributed by atoms with van der Waals surface area (Å²) < 4.78 is 11.3. The first-order valence-electron chi connectivity index (χ1n) is 8.40. The molecule has 0 radical (unpaired) electrons. The van der Waals surface area contributed by atoms with Gasteiger partial charge in [-0.25, -0.2) is 0 Å². The molecule has 3 aromatic carbocycles. The van der Waals surface area contributed by atoms with Gasteiger partial charge in [0.15, 0.2) is 11.5 Å². The Labute approximate surface area is 169 Å². The number of nitrogens with zero attached hydrogens (tertiary/aromatic N) is 1. The molecule has 0 aliphatic heterocycles. The standard InChI is InChI=1S/C22H19Cl2NO2/c1-15-3-7-19(24)12-20(15)25-13-17-6-10-21(22(11-17)26-2)27-14-16-4-8-18(23)9-5-16/h3-13H,14H2,1-2H3. The third kappa shape index (κ3) is 5.25. The van der Waals surface area contributed by atoms with Crippen LogP contribution in [0.15, 0.2) is 65.7 Å². The minimum Gasteiger partial charge on any atom is -0.493 e. The number of aliphatic imine (C=N–C) groups is 1. The van der Waals surface area contributed by atoms with E-state index in [0.717, 1.165) is 22.4 Å². The SMILES string of the molecule is COc1cc(C=Nc2cc(Cl)ccc2C)ccc1OCc1ccc(Cl)cc1. The second-order valence-corrected chi connectivity index (χ2v) is 6.89. The van der Waals surface area contributed by atoms with E-state index in [1.54, 1.807) is 13.3 Å². The lowest BCUT2D eigenvalue weighted by Gasteiger charge is -2.11. The number of hydrogen-bond acceptors (Lipinski definition) is 3. The Hall–Kier alpha value is -2.49. The van der Waals surface area contributed by atoms with Gasteiger partial charge in [-0.1, -0.05) is 41.4 Å². The smallest absolute Gasteiger partial charge is 0.161 e. The van der Waals surface area contributed by atoms with Crippen LogP contribution in [0.25, 0.3) is 0 Å². The van der Waals surface area contributed by atoms with E-state index >= 15 is 0 Å². The highest BCUT2D eigenvalue weighted by atomic mass is 35.5. The van der Waals surface area contributed by atoms with E-state index in [1.807, 2.05) is 67.6 Å². The Morgan fingerprint density at radius 3 is 2.37 bits per heavy atom. The number of ether oxygens (including phenoxy) is 2. The summed E-state index contributed by atoms with van der Waals surface area (Å²) in [6.07, 6.45) is 1.78. The lowest BCUT2D eigenvalue weighted by Crippen LogP contribution is -1.98. The molecule has 0 amide bonds. The van der Waals surface area contributed by atoms with Crippen molar-refractivity contribution in [2.24, 2.45) is 4.99 Å². The molecule has 3 rings (SSSR count).